The van der Waals surface area contributed by atoms with Crippen LogP contribution in [-0.4, -0.2) is 97.5 Å². The summed E-state index contributed by atoms with van der Waals surface area (Å²) in [6.07, 6.45) is 0.969. The maximum absolute atomic E-state index is 12.9. The fourth-order valence-corrected chi connectivity index (χ4v) is 4.45. The van der Waals surface area contributed by atoms with E-state index in [1.54, 1.807) is 0 Å². The standard InChI is InChI=1S/C23H36ClN5O2/c1-23(2,3)25-21(30)17-26-9-6-10-27(12-11-26)18-22(31)29-15-13-28(14-16-29)20-8-5-4-7-19(20)24/h4-5,7-8H,6,9-18H2,1-3H3,(H,25,30). The summed E-state index contributed by atoms with van der Waals surface area (Å²) in [5.41, 5.74) is 0.830. The van der Waals surface area contributed by atoms with Crippen LogP contribution in [0.5, 0.6) is 0 Å². The first kappa shape index (κ1) is 23.8. The van der Waals surface area contributed by atoms with E-state index in [-0.39, 0.29) is 17.4 Å². The lowest BCUT2D eigenvalue weighted by Gasteiger charge is -2.37. The van der Waals surface area contributed by atoms with E-state index in [0.717, 1.165) is 69.5 Å². The van der Waals surface area contributed by atoms with Gasteiger partial charge in [0.15, 0.2) is 0 Å². The molecular formula is C23H36ClN5O2. The van der Waals surface area contributed by atoms with Crippen molar-refractivity contribution in [2.75, 3.05) is 70.3 Å². The number of nitrogens with zero attached hydrogens (tertiary/aromatic N) is 4. The molecule has 172 valence electrons. The molecule has 1 aromatic rings. The monoisotopic (exact) mass is 449 g/mol. The molecule has 0 radical (unpaired) electrons. The Labute approximate surface area is 191 Å². The molecule has 2 amide bonds. The summed E-state index contributed by atoms with van der Waals surface area (Å²) in [5, 5.41) is 3.78. The predicted octanol–water partition coefficient (Wildman–Crippen LogP) is 1.91. The van der Waals surface area contributed by atoms with Gasteiger partial charge in [-0.1, -0.05) is 23.7 Å². The molecule has 0 bridgehead atoms. The van der Waals surface area contributed by atoms with Crippen LogP contribution in [0, 0.1) is 0 Å². The molecule has 2 aliphatic heterocycles. The minimum absolute atomic E-state index is 0.0633. The predicted molar refractivity (Wildman–Crippen MR) is 126 cm³/mol. The van der Waals surface area contributed by atoms with Gasteiger partial charge in [-0.15, -0.1) is 0 Å². The molecule has 7 nitrogen and oxygen atoms in total. The second-order valence-corrected chi connectivity index (χ2v) is 9.93. The van der Waals surface area contributed by atoms with Crippen LogP contribution < -0.4 is 10.2 Å². The number of para-hydroxylation sites is 1. The maximum atomic E-state index is 12.9. The van der Waals surface area contributed by atoms with Crippen LogP contribution in [0.1, 0.15) is 27.2 Å². The molecule has 0 aromatic heterocycles. The van der Waals surface area contributed by atoms with Gasteiger partial charge in [-0.3, -0.25) is 19.4 Å². The molecule has 2 heterocycles. The number of halogens is 1. The van der Waals surface area contributed by atoms with Gasteiger partial charge in [0.05, 0.1) is 23.8 Å². The zero-order valence-electron chi connectivity index (χ0n) is 19.1. The average Bonchev–Trinajstić information content (AvgIpc) is 2.92. The lowest BCUT2D eigenvalue weighted by Crippen LogP contribution is -2.51. The summed E-state index contributed by atoms with van der Waals surface area (Å²) in [6.45, 7) is 13.3. The maximum Gasteiger partial charge on any atom is 0.236 e. The number of nitrogens with one attached hydrogen (secondary N) is 1. The average molecular weight is 450 g/mol. The van der Waals surface area contributed by atoms with E-state index in [1.807, 2.05) is 49.9 Å². The molecule has 2 fully saturated rings. The fourth-order valence-electron chi connectivity index (χ4n) is 4.20. The normalized spacial score (nSPS) is 19.2. The molecule has 0 atom stereocenters. The van der Waals surface area contributed by atoms with Crippen LogP contribution in [0.4, 0.5) is 5.69 Å². The van der Waals surface area contributed by atoms with Crippen LogP contribution in [0.2, 0.25) is 5.02 Å². The summed E-state index contributed by atoms with van der Waals surface area (Å²) >= 11 is 6.32. The number of hydrogen-bond acceptors (Lipinski definition) is 5. The van der Waals surface area contributed by atoms with Crippen LogP contribution in [0.3, 0.4) is 0 Å². The van der Waals surface area contributed by atoms with Gasteiger partial charge >= 0.3 is 0 Å². The summed E-state index contributed by atoms with van der Waals surface area (Å²) in [6, 6.07) is 7.87. The molecule has 2 aliphatic rings. The highest BCUT2D eigenvalue weighted by molar-refractivity contribution is 6.33. The van der Waals surface area contributed by atoms with E-state index >= 15 is 0 Å². The van der Waals surface area contributed by atoms with Crippen molar-refractivity contribution >= 4 is 29.1 Å². The van der Waals surface area contributed by atoms with Gasteiger partial charge in [0, 0.05) is 44.8 Å². The Hall–Kier alpha value is -1.83. The molecule has 2 saturated heterocycles. The van der Waals surface area contributed by atoms with Gasteiger partial charge in [-0.2, -0.15) is 0 Å². The Bertz CT molecular complexity index is 759. The number of hydrogen-bond donors (Lipinski definition) is 1. The van der Waals surface area contributed by atoms with Crippen LogP contribution in [0.15, 0.2) is 24.3 Å². The number of rotatable bonds is 5. The third kappa shape index (κ3) is 7.37. The highest BCUT2D eigenvalue weighted by Crippen LogP contribution is 2.26. The number of benzene rings is 1. The van der Waals surface area contributed by atoms with Crippen LogP contribution in [-0.2, 0) is 9.59 Å². The molecule has 3 rings (SSSR count). The molecule has 1 aromatic carbocycles. The van der Waals surface area contributed by atoms with E-state index in [2.05, 4.69) is 20.0 Å². The summed E-state index contributed by atoms with van der Waals surface area (Å²) in [5.74, 6) is 0.256. The van der Waals surface area contributed by atoms with Gasteiger partial charge in [0.25, 0.3) is 0 Å². The number of carbonyl (C=O) groups excluding carboxylic acids is 2. The highest BCUT2D eigenvalue weighted by atomic mass is 35.5. The van der Waals surface area contributed by atoms with E-state index in [1.165, 1.54) is 0 Å². The Kier molecular flexibility index (Phi) is 8.19. The third-order valence-corrected chi connectivity index (χ3v) is 6.07. The van der Waals surface area contributed by atoms with E-state index in [4.69, 9.17) is 11.6 Å². The lowest BCUT2D eigenvalue weighted by atomic mass is 10.1. The molecule has 0 spiro atoms. The first-order valence-corrected chi connectivity index (χ1v) is 11.6. The topological polar surface area (TPSA) is 59.1 Å². The Balaban J connectivity index is 1.42. The summed E-state index contributed by atoms with van der Waals surface area (Å²) < 4.78 is 0. The minimum atomic E-state index is -0.211. The van der Waals surface area contributed by atoms with E-state index in [9.17, 15) is 9.59 Å². The zero-order valence-corrected chi connectivity index (χ0v) is 19.8. The van der Waals surface area contributed by atoms with Crippen molar-refractivity contribution in [3.63, 3.8) is 0 Å². The Morgan fingerprint density at radius 1 is 0.903 bits per heavy atom. The number of amides is 2. The minimum Gasteiger partial charge on any atom is -0.367 e. The first-order valence-electron chi connectivity index (χ1n) is 11.2. The second-order valence-electron chi connectivity index (χ2n) is 9.52. The van der Waals surface area contributed by atoms with Crippen molar-refractivity contribution < 1.29 is 9.59 Å². The van der Waals surface area contributed by atoms with Gasteiger partial charge in [-0.25, -0.2) is 0 Å². The molecule has 0 saturated carbocycles. The van der Waals surface area contributed by atoms with Crippen molar-refractivity contribution in [2.45, 2.75) is 32.7 Å². The number of carbonyl (C=O) groups is 2. The van der Waals surface area contributed by atoms with Gasteiger partial charge in [0.1, 0.15) is 0 Å². The van der Waals surface area contributed by atoms with Gasteiger partial charge in [0.2, 0.25) is 11.8 Å². The van der Waals surface area contributed by atoms with Crippen LogP contribution in [0.25, 0.3) is 0 Å². The van der Waals surface area contributed by atoms with Crippen molar-refractivity contribution in [3.8, 4) is 0 Å². The highest BCUT2D eigenvalue weighted by Gasteiger charge is 2.25. The number of anilines is 1. The zero-order chi connectivity index (χ0) is 22.4. The number of piperazine rings is 1. The largest absolute Gasteiger partial charge is 0.367 e. The molecular weight excluding hydrogens is 414 g/mol. The van der Waals surface area contributed by atoms with E-state index < -0.39 is 0 Å². The van der Waals surface area contributed by atoms with Gasteiger partial charge < -0.3 is 15.1 Å². The second kappa shape index (κ2) is 10.7. The smallest absolute Gasteiger partial charge is 0.236 e. The van der Waals surface area contributed by atoms with Crippen molar-refractivity contribution in [2.24, 2.45) is 0 Å². The first-order chi connectivity index (χ1) is 14.7. The molecule has 31 heavy (non-hydrogen) atoms. The summed E-state index contributed by atoms with van der Waals surface area (Å²) in [4.78, 5) is 33.7. The van der Waals surface area contributed by atoms with Crippen LogP contribution >= 0.6 is 11.6 Å². The molecule has 0 unspecified atom stereocenters. The Morgan fingerprint density at radius 2 is 1.52 bits per heavy atom. The molecule has 1 N–H and O–H groups in total. The Morgan fingerprint density at radius 3 is 2.13 bits per heavy atom. The van der Waals surface area contributed by atoms with Gasteiger partial charge in [-0.05, 0) is 52.4 Å². The summed E-state index contributed by atoms with van der Waals surface area (Å²) in [7, 11) is 0. The third-order valence-electron chi connectivity index (χ3n) is 5.75. The van der Waals surface area contributed by atoms with Crippen molar-refractivity contribution in [1.29, 1.82) is 0 Å². The SMILES string of the molecule is CC(C)(C)NC(=O)CN1CCCN(CC(=O)N2CCN(c3ccccc3Cl)CC2)CC1. The molecule has 8 heteroatoms. The fraction of sp³-hybridized carbons (Fsp3) is 0.652. The van der Waals surface area contributed by atoms with Crippen molar-refractivity contribution in [3.05, 3.63) is 29.3 Å². The van der Waals surface area contributed by atoms with E-state index in [0.29, 0.717) is 13.1 Å². The lowest BCUT2D eigenvalue weighted by molar-refractivity contribution is -0.132. The molecule has 0 aliphatic carbocycles. The quantitative estimate of drug-likeness (QED) is 0.744. The van der Waals surface area contributed by atoms with Crippen molar-refractivity contribution in [1.82, 2.24) is 20.0 Å².